The molecule has 0 saturated heterocycles. The normalized spacial score (nSPS) is 14.4. The quantitative estimate of drug-likeness (QED) is 0.679. The van der Waals surface area contributed by atoms with Crippen molar-refractivity contribution >= 4 is 14.0 Å². The monoisotopic (exact) mass is 348 g/mol. The summed E-state index contributed by atoms with van der Waals surface area (Å²) in [7, 11) is 0.874. The van der Waals surface area contributed by atoms with Gasteiger partial charge in [0.05, 0.1) is 0 Å². The molecule has 0 bridgehead atoms. The standard InChI is InChI=1S/C22H21O2P/c1-25-17-21(23,18-11-5-2-6-12-18)22(24,19-13-7-3-8-14-19)20-15-9-4-10-16-20/h2-17,23-24H,1H3. The third-order valence-corrected chi connectivity index (χ3v) is 5.10. The van der Waals surface area contributed by atoms with E-state index in [1.54, 1.807) is 5.80 Å². The summed E-state index contributed by atoms with van der Waals surface area (Å²) < 4.78 is 0. The van der Waals surface area contributed by atoms with Gasteiger partial charge in [-0.05, 0) is 29.2 Å². The van der Waals surface area contributed by atoms with Crippen molar-refractivity contribution in [2.75, 3.05) is 6.66 Å². The first-order valence-corrected chi connectivity index (χ1v) is 9.58. The lowest BCUT2D eigenvalue weighted by Crippen LogP contribution is -2.51. The van der Waals surface area contributed by atoms with Gasteiger partial charge < -0.3 is 10.2 Å². The summed E-state index contributed by atoms with van der Waals surface area (Å²) in [6.07, 6.45) is 0. The Labute approximate surface area is 150 Å². The van der Waals surface area contributed by atoms with Crippen LogP contribution in [0.5, 0.6) is 0 Å². The van der Waals surface area contributed by atoms with Gasteiger partial charge in [0.1, 0.15) is 5.60 Å². The van der Waals surface area contributed by atoms with Crippen LogP contribution in [0.1, 0.15) is 16.7 Å². The van der Waals surface area contributed by atoms with Crippen molar-refractivity contribution in [2.24, 2.45) is 0 Å². The molecule has 2 nitrogen and oxygen atoms in total. The van der Waals surface area contributed by atoms with Crippen LogP contribution in [0.4, 0.5) is 0 Å². The Hall–Kier alpha value is -2.25. The summed E-state index contributed by atoms with van der Waals surface area (Å²) in [6.45, 7) is 1.93. The molecule has 0 aliphatic rings. The molecule has 0 aromatic heterocycles. The summed E-state index contributed by atoms with van der Waals surface area (Å²) in [6, 6.07) is 28.0. The van der Waals surface area contributed by atoms with E-state index < -0.39 is 11.2 Å². The second-order valence-corrected chi connectivity index (χ2v) is 6.74. The predicted molar refractivity (Wildman–Crippen MR) is 105 cm³/mol. The van der Waals surface area contributed by atoms with E-state index in [4.69, 9.17) is 0 Å². The molecule has 1 atom stereocenters. The van der Waals surface area contributed by atoms with Crippen LogP contribution in [0.15, 0.2) is 91.0 Å². The Morgan fingerprint density at radius 2 is 1.00 bits per heavy atom. The van der Waals surface area contributed by atoms with E-state index >= 15 is 0 Å². The summed E-state index contributed by atoms with van der Waals surface area (Å²) >= 11 is 0. The molecule has 0 amide bonds. The predicted octanol–water partition coefficient (Wildman–Crippen LogP) is 4.19. The molecule has 1 unspecified atom stereocenters. The first-order valence-electron chi connectivity index (χ1n) is 8.17. The van der Waals surface area contributed by atoms with Gasteiger partial charge in [0.25, 0.3) is 0 Å². The van der Waals surface area contributed by atoms with Gasteiger partial charge in [-0.15, -0.1) is 8.20 Å². The summed E-state index contributed by atoms with van der Waals surface area (Å²) in [5.41, 5.74) is -1.24. The molecule has 126 valence electrons. The smallest absolute Gasteiger partial charge is 0.151 e. The van der Waals surface area contributed by atoms with Crippen LogP contribution in [0, 0.1) is 0 Å². The van der Waals surface area contributed by atoms with Gasteiger partial charge in [-0.25, -0.2) is 0 Å². The highest BCUT2D eigenvalue weighted by atomic mass is 31.1. The third kappa shape index (κ3) is 3.05. The van der Waals surface area contributed by atoms with Crippen molar-refractivity contribution in [3.05, 3.63) is 108 Å². The first kappa shape index (κ1) is 17.6. The fraction of sp³-hybridized carbons (Fsp3) is 0.136. The fourth-order valence-corrected chi connectivity index (χ4v) is 3.93. The number of hydrogen-bond acceptors (Lipinski definition) is 2. The number of rotatable bonds is 5. The maximum absolute atomic E-state index is 12.0. The van der Waals surface area contributed by atoms with E-state index in [1.807, 2.05) is 97.7 Å². The van der Waals surface area contributed by atoms with E-state index in [-0.39, 0.29) is 0 Å². The molecular formula is C22H21O2P. The minimum atomic E-state index is -1.61. The highest BCUT2D eigenvalue weighted by Gasteiger charge is 2.51. The SMILES string of the molecule is CP=CC(O)(c1ccccc1)C(O)(c1ccccc1)c1ccccc1. The van der Waals surface area contributed by atoms with Crippen molar-refractivity contribution < 1.29 is 10.2 Å². The third-order valence-electron chi connectivity index (χ3n) is 4.46. The van der Waals surface area contributed by atoms with Gasteiger partial charge in [-0.2, -0.15) is 0 Å². The van der Waals surface area contributed by atoms with E-state index in [9.17, 15) is 10.2 Å². The Morgan fingerprint density at radius 3 is 1.36 bits per heavy atom. The maximum Gasteiger partial charge on any atom is 0.151 e. The Balaban J connectivity index is 2.33. The van der Waals surface area contributed by atoms with Crippen LogP contribution in [0.2, 0.25) is 0 Å². The zero-order valence-corrected chi connectivity index (χ0v) is 15.0. The van der Waals surface area contributed by atoms with E-state index in [2.05, 4.69) is 0 Å². The molecule has 0 fully saturated rings. The van der Waals surface area contributed by atoms with Gasteiger partial charge in [0.15, 0.2) is 5.60 Å². The minimum Gasteiger partial charge on any atom is -0.377 e. The molecule has 3 aromatic carbocycles. The zero-order valence-electron chi connectivity index (χ0n) is 14.1. The number of aliphatic hydroxyl groups is 2. The van der Waals surface area contributed by atoms with Crippen molar-refractivity contribution in [2.45, 2.75) is 11.2 Å². The zero-order chi connectivity index (χ0) is 17.8. The molecule has 3 aromatic rings. The molecular weight excluding hydrogens is 327 g/mol. The lowest BCUT2D eigenvalue weighted by atomic mass is 9.70. The van der Waals surface area contributed by atoms with Crippen LogP contribution >= 0.6 is 8.20 Å². The van der Waals surface area contributed by atoms with Gasteiger partial charge >= 0.3 is 0 Å². The van der Waals surface area contributed by atoms with Gasteiger partial charge in [0, 0.05) is 0 Å². The van der Waals surface area contributed by atoms with Crippen molar-refractivity contribution in [3.63, 3.8) is 0 Å². The lowest BCUT2D eigenvalue weighted by Gasteiger charge is -2.43. The Kier molecular flexibility index (Phi) is 5.15. The summed E-state index contributed by atoms with van der Waals surface area (Å²) in [4.78, 5) is 0. The van der Waals surface area contributed by atoms with Crippen molar-refractivity contribution in [1.82, 2.24) is 0 Å². The molecule has 0 aliphatic carbocycles. The highest BCUT2D eigenvalue weighted by Crippen LogP contribution is 2.45. The van der Waals surface area contributed by atoms with Gasteiger partial charge in [-0.3, -0.25) is 0 Å². The second kappa shape index (κ2) is 7.33. The topological polar surface area (TPSA) is 40.5 Å². The largest absolute Gasteiger partial charge is 0.377 e. The Bertz CT molecular complexity index is 792. The second-order valence-electron chi connectivity index (χ2n) is 5.96. The Morgan fingerprint density at radius 1 is 0.640 bits per heavy atom. The van der Waals surface area contributed by atoms with E-state index in [0.717, 1.165) is 8.20 Å². The van der Waals surface area contributed by atoms with E-state index in [1.165, 1.54) is 0 Å². The minimum absolute atomic E-state index is 0.646. The van der Waals surface area contributed by atoms with Crippen molar-refractivity contribution in [3.8, 4) is 0 Å². The molecule has 25 heavy (non-hydrogen) atoms. The fourth-order valence-electron chi connectivity index (χ4n) is 3.22. The van der Waals surface area contributed by atoms with Crippen LogP contribution in [0.25, 0.3) is 0 Å². The lowest BCUT2D eigenvalue weighted by molar-refractivity contribution is -0.0893. The number of hydrogen-bond donors (Lipinski definition) is 2. The van der Waals surface area contributed by atoms with Gasteiger partial charge in [0.2, 0.25) is 0 Å². The highest BCUT2D eigenvalue weighted by molar-refractivity contribution is 7.37. The van der Waals surface area contributed by atoms with E-state index in [0.29, 0.717) is 16.7 Å². The molecule has 0 aliphatic heterocycles. The summed E-state index contributed by atoms with van der Waals surface area (Å²) in [5.74, 6) is 1.75. The van der Waals surface area contributed by atoms with Crippen LogP contribution in [-0.4, -0.2) is 22.7 Å². The number of benzene rings is 3. The summed E-state index contributed by atoms with van der Waals surface area (Å²) in [5, 5.41) is 23.8. The molecule has 2 N–H and O–H groups in total. The maximum atomic E-state index is 12.0. The molecule has 0 saturated carbocycles. The van der Waals surface area contributed by atoms with Gasteiger partial charge in [-0.1, -0.05) is 91.0 Å². The molecule has 0 spiro atoms. The average molecular weight is 348 g/mol. The van der Waals surface area contributed by atoms with Crippen LogP contribution < -0.4 is 0 Å². The average Bonchev–Trinajstić information content (AvgIpc) is 2.69. The molecule has 3 rings (SSSR count). The van der Waals surface area contributed by atoms with Crippen molar-refractivity contribution in [1.29, 1.82) is 0 Å². The molecule has 3 heteroatoms. The molecule has 0 heterocycles. The van der Waals surface area contributed by atoms with Crippen LogP contribution in [-0.2, 0) is 11.2 Å². The molecule has 0 radical (unpaired) electrons. The first-order chi connectivity index (χ1) is 12.1. The van der Waals surface area contributed by atoms with Crippen LogP contribution in [0.3, 0.4) is 0 Å².